The lowest BCUT2D eigenvalue weighted by Gasteiger charge is -2.29. The molecule has 1 N–H and O–H groups in total. The first-order valence-corrected chi connectivity index (χ1v) is 9.87. The lowest BCUT2D eigenvalue weighted by molar-refractivity contribution is 0.197. The van der Waals surface area contributed by atoms with E-state index in [1.165, 1.54) is 12.1 Å². The van der Waals surface area contributed by atoms with Crippen molar-refractivity contribution in [2.75, 3.05) is 26.9 Å². The largest absolute Gasteiger partial charge is 0.478 e. The zero-order chi connectivity index (χ0) is 14.6. The average Bonchev–Trinajstić information content (AvgIpc) is 2.41. The number of hydrogen-bond acceptors (Lipinski definition) is 5. The van der Waals surface area contributed by atoms with Crippen molar-refractivity contribution in [3.63, 3.8) is 0 Å². The van der Waals surface area contributed by atoms with Crippen molar-refractivity contribution in [1.29, 1.82) is 0 Å². The summed E-state index contributed by atoms with van der Waals surface area (Å²) in [7, 11) is -1.19. The van der Waals surface area contributed by atoms with Gasteiger partial charge in [-0.25, -0.2) is 8.42 Å². The molecule has 5 nitrogen and oxygen atoms in total. The summed E-state index contributed by atoms with van der Waals surface area (Å²) >= 11 is 2.64. The highest BCUT2D eigenvalue weighted by atomic mass is 79.9. The quantitative estimate of drug-likeness (QED) is 0.639. The van der Waals surface area contributed by atoms with Gasteiger partial charge in [0.1, 0.15) is 12.5 Å². The van der Waals surface area contributed by atoms with Gasteiger partial charge in [0, 0.05) is 6.04 Å². The first-order valence-electron chi connectivity index (χ1n) is 6.54. The molecule has 0 aliphatic carbocycles. The predicted octanol–water partition coefficient (Wildman–Crippen LogP) is 1.79. The zero-order valence-corrected chi connectivity index (χ0v) is 13.8. The molecule has 0 aromatic heterocycles. The van der Waals surface area contributed by atoms with E-state index in [0.29, 0.717) is 18.5 Å². The predicted molar refractivity (Wildman–Crippen MR) is 81.7 cm³/mol. The molecule has 1 heterocycles. The molecule has 20 heavy (non-hydrogen) atoms. The van der Waals surface area contributed by atoms with E-state index in [1.54, 1.807) is 12.1 Å². The third-order valence-electron chi connectivity index (χ3n) is 3.43. The van der Waals surface area contributed by atoms with E-state index >= 15 is 0 Å². The summed E-state index contributed by atoms with van der Waals surface area (Å²) in [5, 5.41) is 3.36. The van der Waals surface area contributed by atoms with E-state index in [4.69, 9.17) is 4.74 Å². The van der Waals surface area contributed by atoms with Gasteiger partial charge in [0.05, 0.1) is 19.7 Å². The van der Waals surface area contributed by atoms with Gasteiger partial charge in [0.2, 0.25) is 8.27 Å². The number of hydrogen-bond donors (Lipinski definition) is 1. The Hall–Kier alpha value is -0.630. The minimum Gasteiger partial charge on any atom is -0.478 e. The van der Waals surface area contributed by atoms with Crippen LogP contribution >= 0.6 is 14.8 Å². The van der Waals surface area contributed by atoms with Crippen LogP contribution in [0.4, 0.5) is 0 Å². The second-order valence-corrected chi connectivity index (χ2v) is 8.88. The number of rotatable bonds is 5. The fraction of sp³-hybridized carbons (Fsp3) is 0.538. The highest BCUT2D eigenvalue weighted by Crippen LogP contribution is 2.20. The molecule has 1 aliphatic rings. The normalized spacial score (nSPS) is 18.1. The molecular formula is C13H19BrN2O3S. The Balaban J connectivity index is 1.77. The van der Waals surface area contributed by atoms with Crippen LogP contribution in [0.5, 0.6) is 5.75 Å². The van der Waals surface area contributed by atoms with Crippen LogP contribution in [0.15, 0.2) is 29.2 Å². The van der Waals surface area contributed by atoms with Gasteiger partial charge in [0.25, 0.3) is 0 Å². The van der Waals surface area contributed by atoms with Crippen molar-refractivity contribution in [1.82, 2.24) is 10.2 Å². The first kappa shape index (κ1) is 15.8. The lowest BCUT2D eigenvalue weighted by Crippen LogP contribution is -2.42. The van der Waals surface area contributed by atoms with Crippen molar-refractivity contribution >= 4 is 23.1 Å². The molecule has 0 bridgehead atoms. The van der Waals surface area contributed by atoms with E-state index in [1.807, 2.05) is 0 Å². The number of nitrogens with zero attached hydrogens (tertiary/aromatic N) is 1. The Kier molecular flexibility index (Phi) is 5.42. The summed E-state index contributed by atoms with van der Waals surface area (Å²) < 4.78 is 28.1. The highest BCUT2D eigenvalue weighted by Gasteiger charge is 2.15. The Bertz CT molecular complexity index is 525. The summed E-state index contributed by atoms with van der Waals surface area (Å²) in [4.78, 5) is 2.55. The van der Waals surface area contributed by atoms with Gasteiger partial charge in [-0.15, -0.1) is 0 Å². The van der Waals surface area contributed by atoms with Gasteiger partial charge in [-0.05, 0) is 57.2 Å². The zero-order valence-electron chi connectivity index (χ0n) is 11.4. The Morgan fingerprint density at radius 1 is 1.30 bits per heavy atom. The van der Waals surface area contributed by atoms with Crippen LogP contribution in [0.2, 0.25) is 0 Å². The Labute approximate surface area is 127 Å². The first-order chi connectivity index (χ1) is 9.45. The molecule has 112 valence electrons. The van der Waals surface area contributed by atoms with Crippen molar-refractivity contribution in [2.24, 2.45) is 0 Å². The minimum atomic E-state index is -3.33. The summed E-state index contributed by atoms with van der Waals surface area (Å²) in [6.45, 7) is 2.65. The minimum absolute atomic E-state index is 0.230. The third kappa shape index (κ3) is 4.73. The molecule has 0 spiro atoms. The van der Waals surface area contributed by atoms with Crippen molar-refractivity contribution in [2.45, 2.75) is 23.8 Å². The fourth-order valence-electron chi connectivity index (χ4n) is 2.15. The van der Waals surface area contributed by atoms with Gasteiger partial charge >= 0.3 is 0 Å². The standard InChI is InChI=1S/C13H19BrN2O3S/c1-16-8-6-11(7-9-16)15-10-19-12-2-4-13(5-3-12)20(14,17)18/h2-5,11,15H,6-10H2,1H3. The number of piperidine rings is 1. The molecule has 0 amide bonds. The number of benzene rings is 1. The van der Waals surface area contributed by atoms with Crippen molar-refractivity contribution < 1.29 is 13.2 Å². The smallest absolute Gasteiger partial charge is 0.237 e. The number of likely N-dealkylation sites (tertiary alicyclic amines) is 1. The average molecular weight is 363 g/mol. The number of nitrogens with one attached hydrogen (secondary N) is 1. The van der Waals surface area contributed by atoms with Crippen LogP contribution in [0, 0.1) is 0 Å². The molecular weight excluding hydrogens is 344 g/mol. The molecule has 1 aliphatic heterocycles. The molecule has 1 saturated heterocycles. The summed E-state index contributed by atoms with van der Waals surface area (Å²) in [5.41, 5.74) is 0. The Morgan fingerprint density at radius 2 is 1.90 bits per heavy atom. The summed E-state index contributed by atoms with van der Waals surface area (Å²) in [6, 6.07) is 6.85. The Morgan fingerprint density at radius 3 is 2.45 bits per heavy atom. The van der Waals surface area contributed by atoms with Crippen LogP contribution in [0.3, 0.4) is 0 Å². The molecule has 7 heteroatoms. The van der Waals surface area contributed by atoms with Gasteiger partial charge < -0.3 is 9.64 Å². The third-order valence-corrected chi connectivity index (χ3v) is 5.39. The molecule has 0 radical (unpaired) electrons. The number of ether oxygens (including phenoxy) is 1. The summed E-state index contributed by atoms with van der Waals surface area (Å²) in [5.74, 6) is 0.658. The molecule has 0 atom stereocenters. The maximum Gasteiger partial charge on any atom is 0.237 e. The van der Waals surface area contributed by atoms with E-state index in [2.05, 4.69) is 32.1 Å². The second kappa shape index (κ2) is 6.89. The molecule has 1 fully saturated rings. The van der Waals surface area contributed by atoms with Gasteiger partial charge in [-0.3, -0.25) is 5.32 Å². The van der Waals surface area contributed by atoms with Gasteiger partial charge in [-0.1, -0.05) is 0 Å². The van der Waals surface area contributed by atoms with Gasteiger partial charge in [-0.2, -0.15) is 0 Å². The molecule has 0 saturated carbocycles. The maximum absolute atomic E-state index is 11.3. The van der Waals surface area contributed by atoms with Crippen LogP contribution in [-0.2, 0) is 8.27 Å². The van der Waals surface area contributed by atoms with Crippen LogP contribution < -0.4 is 10.1 Å². The van der Waals surface area contributed by atoms with E-state index in [0.717, 1.165) is 25.9 Å². The fourth-order valence-corrected chi connectivity index (χ4v) is 3.26. The lowest BCUT2D eigenvalue weighted by atomic mass is 10.1. The van der Waals surface area contributed by atoms with E-state index < -0.39 is 8.27 Å². The van der Waals surface area contributed by atoms with Crippen LogP contribution in [0.1, 0.15) is 12.8 Å². The molecule has 1 aromatic rings. The summed E-state index contributed by atoms with van der Waals surface area (Å²) in [6.07, 6.45) is 2.25. The molecule has 1 aromatic carbocycles. The van der Waals surface area contributed by atoms with E-state index in [-0.39, 0.29) is 4.90 Å². The monoisotopic (exact) mass is 362 g/mol. The maximum atomic E-state index is 11.3. The highest BCUT2D eigenvalue weighted by molar-refractivity contribution is 9.47. The van der Waals surface area contributed by atoms with Crippen molar-refractivity contribution in [3.8, 4) is 5.75 Å². The molecule has 0 unspecified atom stereocenters. The number of halogens is 1. The van der Waals surface area contributed by atoms with Gasteiger partial charge in [0.15, 0.2) is 0 Å². The molecule has 2 rings (SSSR count). The van der Waals surface area contributed by atoms with Crippen molar-refractivity contribution in [3.05, 3.63) is 24.3 Å². The van der Waals surface area contributed by atoms with Crippen LogP contribution in [-0.4, -0.2) is 46.2 Å². The SMILES string of the molecule is CN1CCC(NCOc2ccc(S(=O)(=O)Br)cc2)CC1. The topological polar surface area (TPSA) is 58.6 Å². The van der Waals surface area contributed by atoms with E-state index in [9.17, 15) is 8.42 Å². The van der Waals surface area contributed by atoms with Crippen LogP contribution in [0.25, 0.3) is 0 Å². The second-order valence-electron chi connectivity index (χ2n) is 4.98.